The molecule has 164 valence electrons. The molecule has 2 amide bonds. The van der Waals surface area contributed by atoms with Gasteiger partial charge in [0.1, 0.15) is 16.5 Å². The van der Waals surface area contributed by atoms with E-state index in [0.29, 0.717) is 22.2 Å². The Labute approximate surface area is 191 Å². The van der Waals surface area contributed by atoms with Gasteiger partial charge >= 0.3 is 6.03 Å². The van der Waals surface area contributed by atoms with E-state index in [4.69, 9.17) is 21.1 Å². The van der Waals surface area contributed by atoms with E-state index in [1.54, 1.807) is 12.1 Å². The molecule has 0 spiro atoms. The highest BCUT2D eigenvalue weighted by molar-refractivity contribution is 7.15. The maximum absolute atomic E-state index is 12.9. The lowest BCUT2D eigenvalue weighted by molar-refractivity contribution is 0.249. The van der Waals surface area contributed by atoms with Crippen LogP contribution in [0, 0.1) is 0 Å². The van der Waals surface area contributed by atoms with Crippen LogP contribution in [0.15, 0.2) is 36.7 Å². The number of ether oxygens (including phenoxy) is 2. The number of anilines is 1. The number of amides is 2. The zero-order chi connectivity index (χ0) is 22.0. The number of nitrogens with zero attached hydrogens (tertiary/aromatic N) is 1. The highest BCUT2D eigenvalue weighted by Gasteiger charge is 2.26. The molecular weight excluding hydrogens is 434 g/mol. The van der Waals surface area contributed by atoms with Crippen LogP contribution >= 0.6 is 22.9 Å². The van der Waals surface area contributed by atoms with Crippen molar-refractivity contribution in [2.75, 3.05) is 19.5 Å². The normalized spacial score (nSPS) is 13.9. The molecule has 0 radical (unpaired) electrons. The van der Waals surface area contributed by atoms with E-state index < -0.39 is 0 Å². The van der Waals surface area contributed by atoms with E-state index in [1.165, 1.54) is 48.1 Å². The number of hydrogen-bond acceptors (Lipinski definition) is 4. The molecular formula is C23H26ClN3O3S. The third-order valence-electron chi connectivity index (χ3n) is 5.53. The second-order valence-electron chi connectivity index (χ2n) is 7.53. The molecule has 1 aliphatic carbocycles. The van der Waals surface area contributed by atoms with E-state index in [1.807, 2.05) is 30.4 Å². The number of methoxy groups -OCH3 is 2. The number of halogens is 1. The Balaban J connectivity index is 1.58. The van der Waals surface area contributed by atoms with Crippen LogP contribution in [0.5, 0.6) is 11.5 Å². The van der Waals surface area contributed by atoms with Crippen molar-refractivity contribution < 1.29 is 14.3 Å². The quantitative estimate of drug-likeness (QED) is 0.477. The van der Waals surface area contributed by atoms with Gasteiger partial charge in [-0.3, -0.25) is 0 Å². The standard InChI is InChI=1S/C23H26ClN3O3S/c1-14(25-23(28)26-17-12-16(24)18(29-2)13-19(17)30-3)21-15-8-4-5-9-20(15)31-22(21)27-10-6-7-11-27/h6-7,10-14H,4-5,8-9H2,1-3H3,(H2,25,26,28). The first-order valence-electron chi connectivity index (χ1n) is 10.3. The van der Waals surface area contributed by atoms with Gasteiger partial charge < -0.3 is 24.7 Å². The first kappa shape index (κ1) is 21.6. The second-order valence-corrected chi connectivity index (χ2v) is 9.02. The molecule has 0 fully saturated rings. The number of nitrogens with one attached hydrogen (secondary N) is 2. The fraction of sp³-hybridized carbons (Fsp3) is 0.348. The van der Waals surface area contributed by atoms with Crippen molar-refractivity contribution in [2.24, 2.45) is 0 Å². The van der Waals surface area contributed by atoms with Gasteiger partial charge in [0.05, 0.1) is 31.0 Å². The predicted molar refractivity (Wildman–Crippen MR) is 125 cm³/mol. The van der Waals surface area contributed by atoms with Crippen molar-refractivity contribution in [3.8, 4) is 16.5 Å². The predicted octanol–water partition coefficient (Wildman–Crippen LogP) is 5.97. The zero-order valence-electron chi connectivity index (χ0n) is 17.8. The van der Waals surface area contributed by atoms with Gasteiger partial charge in [-0.1, -0.05) is 11.6 Å². The van der Waals surface area contributed by atoms with Crippen molar-refractivity contribution in [3.63, 3.8) is 0 Å². The average Bonchev–Trinajstić information content (AvgIpc) is 3.41. The Morgan fingerprint density at radius 1 is 1.13 bits per heavy atom. The summed E-state index contributed by atoms with van der Waals surface area (Å²) in [5.74, 6) is 0.962. The molecule has 1 unspecified atom stereocenters. The molecule has 6 nitrogen and oxygen atoms in total. The van der Waals surface area contributed by atoms with E-state index in [9.17, 15) is 4.79 Å². The number of carbonyl (C=O) groups is 1. The molecule has 4 rings (SSSR count). The number of urea groups is 1. The van der Waals surface area contributed by atoms with E-state index in [2.05, 4.69) is 27.6 Å². The maximum Gasteiger partial charge on any atom is 0.319 e. The van der Waals surface area contributed by atoms with Gasteiger partial charge in [0, 0.05) is 28.9 Å². The Hall–Kier alpha value is -2.64. The number of fused-ring (bicyclic) bond motifs is 1. The molecule has 0 bridgehead atoms. The van der Waals surface area contributed by atoms with Crippen molar-refractivity contribution in [2.45, 2.75) is 38.6 Å². The molecule has 8 heteroatoms. The lowest BCUT2D eigenvalue weighted by Crippen LogP contribution is -2.32. The van der Waals surface area contributed by atoms with E-state index in [0.717, 1.165) is 12.8 Å². The zero-order valence-corrected chi connectivity index (χ0v) is 19.4. The van der Waals surface area contributed by atoms with Crippen LogP contribution in [0.2, 0.25) is 5.02 Å². The number of aryl methyl sites for hydroxylation is 1. The summed E-state index contributed by atoms with van der Waals surface area (Å²) in [5.41, 5.74) is 3.07. The van der Waals surface area contributed by atoms with Crippen molar-refractivity contribution in [3.05, 3.63) is 57.7 Å². The molecule has 1 atom stereocenters. The summed E-state index contributed by atoms with van der Waals surface area (Å²) in [6.45, 7) is 2.03. The Bertz CT molecular complexity index is 1080. The van der Waals surface area contributed by atoms with Crippen LogP contribution in [0.3, 0.4) is 0 Å². The van der Waals surface area contributed by atoms with Gasteiger partial charge in [0.15, 0.2) is 0 Å². The molecule has 1 aliphatic rings. The van der Waals surface area contributed by atoms with Gasteiger partial charge in [-0.2, -0.15) is 0 Å². The second kappa shape index (κ2) is 9.24. The molecule has 31 heavy (non-hydrogen) atoms. The fourth-order valence-electron chi connectivity index (χ4n) is 4.07. The Morgan fingerprint density at radius 2 is 1.84 bits per heavy atom. The number of aromatic nitrogens is 1. The van der Waals surface area contributed by atoms with Crippen LogP contribution in [0.1, 0.15) is 41.8 Å². The summed E-state index contributed by atoms with van der Waals surface area (Å²) < 4.78 is 12.7. The SMILES string of the molecule is COc1cc(OC)c(NC(=O)NC(C)c2c(-n3cccc3)sc3c2CCCC3)cc1Cl. The maximum atomic E-state index is 12.9. The summed E-state index contributed by atoms with van der Waals surface area (Å²) in [4.78, 5) is 14.3. The molecule has 0 saturated carbocycles. The summed E-state index contributed by atoms with van der Waals surface area (Å²) in [6, 6.07) is 6.85. The minimum atomic E-state index is -0.318. The summed E-state index contributed by atoms with van der Waals surface area (Å²) in [5, 5.41) is 7.53. The first-order valence-corrected chi connectivity index (χ1v) is 11.5. The highest BCUT2D eigenvalue weighted by atomic mass is 35.5. The fourth-order valence-corrected chi connectivity index (χ4v) is 5.76. The van der Waals surface area contributed by atoms with Crippen molar-refractivity contribution >= 4 is 34.7 Å². The van der Waals surface area contributed by atoms with Crippen molar-refractivity contribution in [1.29, 1.82) is 0 Å². The van der Waals surface area contributed by atoms with Crippen LogP contribution in [-0.2, 0) is 12.8 Å². The van der Waals surface area contributed by atoms with E-state index in [-0.39, 0.29) is 12.1 Å². The molecule has 0 aliphatic heterocycles. The Kier molecular flexibility index (Phi) is 6.43. The van der Waals surface area contributed by atoms with Crippen LogP contribution in [0.25, 0.3) is 5.00 Å². The molecule has 2 heterocycles. The van der Waals surface area contributed by atoms with Gasteiger partial charge in [0.2, 0.25) is 0 Å². The third-order valence-corrected chi connectivity index (χ3v) is 7.15. The van der Waals surface area contributed by atoms with Gasteiger partial charge in [0.25, 0.3) is 0 Å². The lowest BCUT2D eigenvalue weighted by Gasteiger charge is -2.20. The van der Waals surface area contributed by atoms with Gasteiger partial charge in [-0.05, 0) is 56.4 Å². The molecule has 2 aromatic heterocycles. The molecule has 3 aromatic rings. The minimum Gasteiger partial charge on any atom is -0.495 e. The lowest BCUT2D eigenvalue weighted by atomic mass is 9.93. The summed E-state index contributed by atoms with van der Waals surface area (Å²) >= 11 is 8.06. The Morgan fingerprint density at radius 3 is 2.55 bits per heavy atom. The van der Waals surface area contributed by atoms with Crippen LogP contribution in [0.4, 0.5) is 10.5 Å². The monoisotopic (exact) mass is 459 g/mol. The van der Waals surface area contributed by atoms with E-state index >= 15 is 0 Å². The van der Waals surface area contributed by atoms with Crippen LogP contribution < -0.4 is 20.1 Å². The number of carbonyl (C=O) groups excluding carboxylic acids is 1. The topological polar surface area (TPSA) is 64.5 Å². The number of benzene rings is 1. The molecule has 2 N–H and O–H groups in total. The number of thiophene rings is 1. The largest absolute Gasteiger partial charge is 0.495 e. The molecule has 1 aromatic carbocycles. The minimum absolute atomic E-state index is 0.157. The first-order chi connectivity index (χ1) is 15.0. The van der Waals surface area contributed by atoms with Gasteiger partial charge in [-0.25, -0.2) is 4.79 Å². The van der Waals surface area contributed by atoms with Gasteiger partial charge in [-0.15, -0.1) is 11.3 Å². The number of hydrogen-bond donors (Lipinski definition) is 2. The number of rotatable bonds is 6. The molecule has 0 saturated heterocycles. The smallest absolute Gasteiger partial charge is 0.319 e. The highest BCUT2D eigenvalue weighted by Crippen LogP contribution is 2.40. The summed E-state index contributed by atoms with van der Waals surface area (Å²) in [7, 11) is 3.07. The summed E-state index contributed by atoms with van der Waals surface area (Å²) in [6.07, 6.45) is 8.67. The van der Waals surface area contributed by atoms with Crippen molar-refractivity contribution in [1.82, 2.24) is 9.88 Å². The third kappa shape index (κ3) is 4.38. The van der Waals surface area contributed by atoms with Crippen LogP contribution in [-0.4, -0.2) is 24.8 Å². The average molecular weight is 460 g/mol.